The zero-order chi connectivity index (χ0) is 28.7. The number of ether oxygens (including phenoxy) is 2. The Kier molecular flexibility index (Phi) is 7.36. The van der Waals surface area contributed by atoms with Crippen molar-refractivity contribution in [3.05, 3.63) is 35.9 Å². The zero-order valence-corrected chi connectivity index (χ0v) is 24.0. The van der Waals surface area contributed by atoms with Crippen LogP contribution in [0.4, 0.5) is 17.5 Å². The van der Waals surface area contributed by atoms with Gasteiger partial charge in [-0.1, -0.05) is 6.07 Å². The van der Waals surface area contributed by atoms with Gasteiger partial charge in [-0.15, -0.1) is 0 Å². The predicted molar refractivity (Wildman–Crippen MR) is 160 cm³/mol. The fraction of sp³-hybridized carbons (Fsp3) is 0.517. The highest BCUT2D eigenvalue weighted by Gasteiger charge is 2.36. The molecule has 0 saturated carbocycles. The number of nitrogens with zero attached hydrogens (tertiary/aromatic N) is 8. The number of hydrogen-bond donors (Lipinski definition) is 1. The topological polar surface area (TPSA) is 120 Å². The van der Waals surface area contributed by atoms with Crippen molar-refractivity contribution < 1.29 is 9.47 Å². The maximum Gasteiger partial charge on any atom is 0.230 e. The number of rotatable bonds is 6. The van der Waals surface area contributed by atoms with E-state index >= 15 is 0 Å². The number of anilines is 3. The number of morpholine rings is 1. The van der Waals surface area contributed by atoms with E-state index in [1.54, 1.807) is 13.2 Å². The summed E-state index contributed by atoms with van der Waals surface area (Å²) in [5.41, 5.74) is 8.68. The molecule has 5 heterocycles. The lowest BCUT2D eigenvalue weighted by Crippen LogP contribution is -2.65. The lowest BCUT2D eigenvalue weighted by molar-refractivity contribution is -0.0327. The van der Waals surface area contributed by atoms with Gasteiger partial charge < -0.3 is 29.9 Å². The summed E-state index contributed by atoms with van der Waals surface area (Å²) in [6.45, 7) is 11.5. The monoisotopic (exact) mass is 553 g/mol. The zero-order valence-electron chi connectivity index (χ0n) is 24.0. The summed E-state index contributed by atoms with van der Waals surface area (Å²) in [4.78, 5) is 23.1. The molecule has 3 aliphatic rings. The van der Waals surface area contributed by atoms with Crippen LogP contribution in [-0.2, 0) is 4.74 Å². The highest BCUT2D eigenvalue weighted by atomic mass is 16.5. The number of hydrogen-bond acceptors (Lipinski definition) is 11. The smallest absolute Gasteiger partial charge is 0.230 e. The second kappa shape index (κ2) is 11.0. The maximum atomic E-state index is 9.59. The molecular weight excluding hydrogens is 517 g/mol. The van der Waals surface area contributed by atoms with Crippen LogP contribution in [0, 0.1) is 11.3 Å². The molecule has 2 radical (unpaired) electrons. The summed E-state index contributed by atoms with van der Waals surface area (Å²) >= 11 is 0. The van der Waals surface area contributed by atoms with Crippen molar-refractivity contribution in [2.75, 3.05) is 80.7 Å². The molecule has 12 heteroatoms. The van der Waals surface area contributed by atoms with E-state index in [9.17, 15) is 5.26 Å². The minimum Gasteiger partial charge on any atom is -0.481 e. The minimum absolute atomic E-state index is 0.0504. The van der Waals surface area contributed by atoms with Crippen LogP contribution < -0.4 is 30.8 Å². The van der Waals surface area contributed by atoms with Crippen molar-refractivity contribution in [2.45, 2.75) is 31.6 Å². The molecule has 3 aromatic rings. The molecule has 11 nitrogen and oxygen atoms in total. The third-order valence-corrected chi connectivity index (χ3v) is 8.07. The molecule has 3 fully saturated rings. The molecule has 0 aliphatic carbocycles. The van der Waals surface area contributed by atoms with Crippen molar-refractivity contribution in [1.29, 1.82) is 5.26 Å². The van der Waals surface area contributed by atoms with Crippen LogP contribution in [0.1, 0.15) is 19.4 Å². The normalized spacial score (nSPS) is 22.9. The second-order valence-corrected chi connectivity index (χ2v) is 11.7. The van der Waals surface area contributed by atoms with Gasteiger partial charge in [0, 0.05) is 81.6 Å². The summed E-state index contributed by atoms with van der Waals surface area (Å²) in [6.07, 6.45) is 0.123. The van der Waals surface area contributed by atoms with Crippen LogP contribution in [0.5, 0.6) is 5.88 Å². The number of nitriles is 1. The Labute approximate surface area is 242 Å². The van der Waals surface area contributed by atoms with Gasteiger partial charge in [-0.3, -0.25) is 9.88 Å². The van der Waals surface area contributed by atoms with Gasteiger partial charge in [0.2, 0.25) is 11.8 Å². The number of nitrogens with two attached hydrogens (primary N) is 1. The molecule has 2 aromatic heterocycles. The Morgan fingerprint density at radius 2 is 1.85 bits per heavy atom. The lowest BCUT2D eigenvalue weighted by Gasteiger charge is -2.46. The summed E-state index contributed by atoms with van der Waals surface area (Å²) in [6, 6.07) is 11.7. The standard InChI is InChI=1S/C29H36BN9O2/c1-19-14-38(23-6-4-20(13-31)27-22(23)5-7-24(30)33-27)16-21(41-19)15-36-8-10-37(11-9-36)28-34-25(12-26(35-28)40-3)39-17-29(2,32)18-39/h4-7,12,19,21H,8-11,14-18,32H2,1-3H3/t19-,21+/m1/s1. The molecule has 3 aliphatic heterocycles. The van der Waals surface area contributed by atoms with Crippen molar-refractivity contribution >= 4 is 41.8 Å². The quantitative estimate of drug-likeness (QED) is 0.434. The number of benzene rings is 1. The average molecular weight is 553 g/mol. The van der Waals surface area contributed by atoms with E-state index in [0.717, 1.165) is 75.8 Å². The first-order valence-corrected chi connectivity index (χ1v) is 14.2. The van der Waals surface area contributed by atoms with E-state index in [4.69, 9.17) is 28.0 Å². The van der Waals surface area contributed by atoms with Gasteiger partial charge >= 0.3 is 0 Å². The summed E-state index contributed by atoms with van der Waals surface area (Å²) < 4.78 is 11.9. The first-order valence-electron chi connectivity index (χ1n) is 14.2. The highest BCUT2D eigenvalue weighted by Crippen LogP contribution is 2.31. The first kappa shape index (κ1) is 27.5. The number of fused-ring (bicyclic) bond motifs is 1. The highest BCUT2D eigenvalue weighted by molar-refractivity contribution is 6.31. The summed E-state index contributed by atoms with van der Waals surface area (Å²) in [5.74, 6) is 2.12. The van der Waals surface area contributed by atoms with Gasteiger partial charge in [0.1, 0.15) is 19.7 Å². The third kappa shape index (κ3) is 5.75. The molecule has 1 aromatic carbocycles. The molecule has 6 rings (SSSR count). The van der Waals surface area contributed by atoms with Crippen molar-refractivity contribution in [2.24, 2.45) is 5.73 Å². The lowest BCUT2D eigenvalue weighted by atomic mass is 9.94. The van der Waals surface area contributed by atoms with E-state index in [0.29, 0.717) is 28.5 Å². The SMILES string of the molecule is [B]c1ccc2c(N3C[C@H](CN4CCN(c5nc(OC)cc(N6CC(C)(N)C6)n5)CC4)O[C@H](C)C3)ccc(C#N)c2n1. The van der Waals surface area contributed by atoms with Crippen LogP contribution in [0.2, 0.25) is 0 Å². The van der Waals surface area contributed by atoms with Gasteiger partial charge in [-0.2, -0.15) is 15.2 Å². The first-order chi connectivity index (χ1) is 19.7. The molecule has 3 saturated heterocycles. The van der Waals surface area contributed by atoms with Gasteiger partial charge in [0.25, 0.3) is 0 Å². The molecule has 41 heavy (non-hydrogen) atoms. The molecule has 2 N–H and O–H groups in total. The Morgan fingerprint density at radius 1 is 1.07 bits per heavy atom. The average Bonchev–Trinajstić information content (AvgIpc) is 2.95. The number of methoxy groups -OCH3 is 1. The van der Waals surface area contributed by atoms with E-state index in [1.807, 2.05) is 24.3 Å². The fourth-order valence-electron chi connectivity index (χ4n) is 6.14. The number of piperazine rings is 1. The van der Waals surface area contributed by atoms with Gasteiger partial charge in [-0.25, -0.2) is 0 Å². The second-order valence-electron chi connectivity index (χ2n) is 11.7. The Morgan fingerprint density at radius 3 is 2.56 bits per heavy atom. The fourth-order valence-corrected chi connectivity index (χ4v) is 6.14. The van der Waals surface area contributed by atoms with Crippen LogP contribution in [0.25, 0.3) is 10.9 Å². The maximum absolute atomic E-state index is 9.59. The Balaban J connectivity index is 1.11. The molecular formula is C29H36BN9O2. The van der Waals surface area contributed by atoms with Crippen LogP contribution in [0.15, 0.2) is 30.3 Å². The molecule has 0 bridgehead atoms. The van der Waals surface area contributed by atoms with Crippen molar-refractivity contribution in [1.82, 2.24) is 19.9 Å². The van der Waals surface area contributed by atoms with E-state index in [2.05, 4.69) is 49.5 Å². The van der Waals surface area contributed by atoms with Crippen LogP contribution in [-0.4, -0.2) is 111 Å². The summed E-state index contributed by atoms with van der Waals surface area (Å²) in [5, 5.41) is 10.5. The predicted octanol–water partition coefficient (Wildman–Crippen LogP) is 0.652. The largest absolute Gasteiger partial charge is 0.481 e. The van der Waals surface area contributed by atoms with Crippen molar-refractivity contribution in [3.8, 4) is 11.9 Å². The molecule has 0 amide bonds. The van der Waals surface area contributed by atoms with Gasteiger partial charge in [0.05, 0.1) is 30.4 Å². The van der Waals surface area contributed by atoms with E-state index < -0.39 is 0 Å². The Hall–Kier alpha value is -3.66. The molecule has 212 valence electrons. The van der Waals surface area contributed by atoms with Crippen LogP contribution in [0.3, 0.4) is 0 Å². The van der Waals surface area contributed by atoms with E-state index in [-0.39, 0.29) is 17.7 Å². The number of aromatic nitrogens is 3. The molecule has 0 unspecified atom stereocenters. The summed E-state index contributed by atoms with van der Waals surface area (Å²) in [7, 11) is 7.58. The minimum atomic E-state index is -0.184. The third-order valence-electron chi connectivity index (χ3n) is 8.07. The van der Waals surface area contributed by atoms with Crippen molar-refractivity contribution in [3.63, 3.8) is 0 Å². The number of pyridine rings is 1. The van der Waals surface area contributed by atoms with E-state index in [1.165, 1.54) is 0 Å². The molecule has 2 atom stereocenters. The van der Waals surface area contributed by atoms with Crippen LogP contribution >= 0.6 is 0 Å². The van der Waals surface area contributed by atoms with Gasteiger partial charge in [-0.05, 0) is 37.6 Å². The van der Waals surface area contributed by atoms with Gasteiger partial charge in [0.15, 0.2) is 0 Å². The Bertz CT molecular complexity index is 1460. The molecule has 0 spiro atoms.